The third kappa shape index (κ3) is 4.40. The summed E-state index contributed by atoms with van der Waals surface area (Å²) >= 11 is 0. The van der Waals surface area contributed by atoms with Crippen molar-refractivity contribution in [3.63, 3.8) is 0 Å². The molecule has 0 aromatic rings. The average molecular weight is 154 g/mol. The SMILES string of the molecule is C#CCCNC(=O)C(C)(C)N. The van der Waals surface area contributed by atoms with Gasteiger partial charge in [-0.15, -0.1) is 12.3 Å². The van der Waals surface area contributed by atoms with Gasteiger partial charge in [-0.25, -0.2) is 0 Å². The molecule has 0 unspecified atom stereocenters. The third-order valence-electron chi connectivity index (χ3n) is 1.14. The molecule has 0 aliphatic heterocycles. The van der Waals surface area contributed by atoms with Crippen molar-refractivity contribution in [1.29, 1.82) is 0 Å². The molecule has 0 bridgehead atoms. The van der Waals surface area contributed by atoms with Crippen LogP contribution in [0.1, 0.15) is 20.3 Å². The molecule has 0 heterocycles. The normalized spacial score (nSPS) is 10.4. The summed E-state index contributed by atoms with van der Waals surface area (Å²) in [4.78, 5) is 11.0. The molecule has 62 valence electrons. The number of hydrogen-bond donors (Lipinski definition) is 2. The smallest absolute Gasteiger partial charge is 0.239 e. The van der Waals surface area contributed by atoms with Crippen molar-refractivity contribution in [2.75, 3.05) is 6.54 Å². The predicted molar refractivity (Wildman–Crippen MR) is 44.7 cm³/mol. The van der Waals surface area contributed by atoms with Crippen molar-refractivity contribution >= 4 is 5.91 Å². The molecular weight excluding hydrogens is 140 g/mol. The zero-order valence-corrected chi connectivity index (χ0v) is 6.98. The topological polar surface area (TPSA) is 55.1 Å². The van der Waals surface area contributed by atoms with Crippen LogP contribution >= 0.6 is 0 Å². The van der Waals surface area contributed by atoms with E-state index in [-0.39, 0.29) is 5.91 Å². The van der Waals surface area contributed by atoms with Crippen LogP contribution in [0.4, 0.5) is 0 Å². The zero-order valence-electron chi connectivity index (χ0n) is 6.98. The van der Waals surface area contributed by atoms with Crippen LogP contribution in [-0.2, 0) is 4.79 Å². The summed E-state index contributed by atoms with van der Waals surface area (Å²) in [5.41, 5.74) is 4.69. The lowest BCUT2D eigenvalue weighted by Crippen LogP contribution is -2.49. The number of amides is 1. The highest BCUT2D eigenvalue weighted by Gasteiger charge is 2.20. The molecule has 0 spiro atoms. The molecule has 0 rings (SSSR count). The highest BCUT2D eigenvalue weighted by Crippen LogP contribution is 1.94. The summed E-state index contributed by atoms with van der Waals surface area (Å²) < 4.78 is 0. The first-order chi connectivity index (χ1) is 4.98. The summed E-state index contributed by atoms with van der Waals surface area (Å²) in [6.07, 6.45) is 5.53. The summed E-state index contributed by atoms with van der Waals surface area (Å²) in [7, 11) is 0. The van der Waals surface area contributed by atoms with Crippen molar-refractivity contribution < 1.29 is 4.79 Å². The molecule has 0 fully saturated rings. The molecule has 0 radical (unpaired) electrons. The van der Waals surface area contributed by atoms with Crippen LogP contribution in [0.25, 0.3) is 0 Å². The van der Waals surface area contributed by atoms with Crippen LogP contribution in [0.5, 0.6) is 0 Å². The molecule has 0 atom stereocenters. The molecule has 0 saturated heterocycles. The molecular formula is C8H14N2O. The Kier molecular flexibility index (Phi) is 3.63. The fourth-order valence-corrected chi connectivity index (χ4v) is 0.476. The molecule has 0 aromatic heterocycles. The number of hydrogen-bond acceptors (Lipinski definition) is 2. The van der Waals surface area contributed by atoms with Gasteiger partial charge in [-0.05, 0) is 13.8 Å². The summed E-state index contributed by atoms with van der Waals surface area (Å²) in [5, 5.41) is 2.62. The Labute approximate surface area is 67.3 Å². The van der Waals surface area contributed by atoms with E-state index in [9.17, 15) is 4.79 Å². The Balaban J connectivity index is 3.64. The van der Waals surface area contributed by atoms with Crippen molar-refractivity contribution in [2.45, 2.75) is 25.8 Å². The minimum absolute atomic E-state index is 0.173. The molecule has 3 heteroatoms. The Morgan fingerprint density at radius 1 is 1.73 bits per heavy atom. The Hall–Kier alpha value is -1.01. The molecule has 0 saturated carbocycles. The lowest BCUT2D eigenvalue weighted by Gasteiger charge is -2.16. The van der Waals surface area contributed by atoms with Crippen molar-refractivity contribution in [1.82, 2.24) is 5.32 Å². The highest BCUT2D eigenvalue weighted by atomic mass is 16.2. The molecule has 11 heavy (non-hydrogen) atoms. The molecule has 0 aliphatic carbocycles. The number of carbonyl (C=O) groups excluding carboxylic acids is 1. The van der Waals surface area contributed by atoms with Crippen LogP contribution in [-0.4, -0.2) is 18.0 Å². The number of nitrogens with one attached hydrogen (secondary N) is 1. The second-order valence-electron chi connectivity index (χ2n) is 2.93. The largest absolute Gasteiger partial charge is 0.354 e. The summed E-state index contributed by atoms with van der Waals surface area (Å²) in [6.45, 7) is 3.80. The van der Waals surface area contributed by atoms with Crippen LogP contribution in [0.3, 0.4) is 0 Å². The van der Waals surface area contributed by atoms with E-state index in [0.29, 0.717) is 13.0 Å². The zero-order chi connectivity index (χ0) is 8.91. The molecule has 0 aliphatic rings. The van der Waals surface area contributed by atoms with Gasteiger partial charge in [0.25, 0.3) is 0 Å². The average Bonchev–Trinajstić information content (AvgIpc) is 1.86. The van der Waals surface area contributed by atoms with Gasteiger partial charge in [0.2, 0.25) is 5.91 Å². The first-order valence-electron chi connectivity index (χ1n) is 3.49. The van der Waals surface area contributed by atoms with Crippen molar-refractivity contribution in [2.24, 2.45) is 5.73 Å². The van der Waals surface area contributed by atoms with E-state index in [4.69, 9.17) is 12.2 Å². The maximum atomic E-state index is 11.0. The van der Waals surface area contributed by atoms with E-state index in [1.807, 2.05) is 0 Å². The Morgan fingerprint density at radius 3 is 2.64 bits per heavy atom. The Bertz CT molecular complexity index is 174. The lowest BCUT2D eigenvalue weighted by molar-refractivity contribution is -0.125. The number of carbonyl (C=O) groups is 1. The van der Waals surface area contributed by atoms with E-state index in [2.05, 4.69) is 11.2 Å². The number of rotatable bonds is 3. The van der Waals surface area contributed by atoms with E-state index < -0.39 is 5.54 Å². The number of nitrogens with two attached hydrogens (primary N) is 1. The van der Waals surface area contributed by atoms with Gasteiger partial charge in [-0.2, -0.15) is 0 Å². The van der Waals surface area contributed by atoms with Gasteiger partial charge in [0.1, 0.15) is 0 Å². The predicted octanol–water partition coefficient (Wildman–Crippen LogP) is -0.137. The van der Waals surface area contributed by atoms with Crippen LogP contribution in [0.15, 0.2) is 0 Å². The fraction of sp³-hybridized carbons (Fsp3) is 0.625. The number of terminal acetylenes is 1. The monoisotopic (exact) mass is 154 g/mol. The molecule has 0 aromatic carbocycles. The second kappa shape index (κ2) is 3.99. The summed E-state index contributed by atoms with van der Waals surface area (Å²) in [5.74, 6) is 2.25. The van der Waals surface area contributed by atoms with E-state index >= 15 is 0 Å². The van der Waals surface area contributed by atoms with Crippen LogP contribution < -0.4 is 11.1 Å². The minimum atomic E-state index is -0.811. The summed E-state index contributed by atoms with van der Waals surface area (Å²) in [6, 6.07) is 0. The first kappa shape index (κ1) is 9.99. The quantitative estimate of drug-likeness (QED) is 0.439. The maximum Gasteiger partial charge on any atom is 0.239 e. The van der Waals surface area contributed by atoms with Crippen LogP contribution in [0.2, 0.25) is 0 Å². The van der Waals surface area contributed by atoms with Gasteiger partial charge in [0, 0.05) is 13.0 Å². The highest BCUT2D eigenvalue weighted by molar-refractivity contribution is 5.84. The van der Waals surface area contributed by atoms with Gasteiger partial charge in [-0.1, -0.05) is 0 Å². The standard InChI is InChI=1S/C8H14N2O/c1-4-5-6-10-7(11)8(2,3)9/h1H,5-6,9H2,2-3H3,(H,10,11). The van der Waals surface area contributed by atoms with Gasteiger partial charge in [-0.3, -0.25) is 4.79 Å². The lowest BCUT2D eigenvalue weighted by atomic mass is 10.1. The van der Waals surface area contributed by atoms with Gasteiger partial charge < -0.3 is 11.1 Å². The maximum absolute atomic E-state index is 11.0. The van der Waals surface area contributed by atoms with Crippen molar-refractivity contribution in [3.05, 3.63) is 0 Å². The van der Waals surface area contributed by atoms with Gasteiger partial charge >= 0.3 is 0 Å². The van der Waals surface area contributed by atoms with Gasteiger partial charge in [0.15, 0.2) is 0 Å². The third-order valence-corrected chi connectivity index (χ3v) is 1.14. The first-order valence-corrected chi connectivity index (χ1v) is 3.49. The fourth-order valence-electron chi connectivity index (χ4n) is 0.476. The van der Waals surface area contributed by atoms with E-state index in [0.717, 1.165) is 0 Å². The van der Waals surface area contributed by atoms with Crippen molar-refractivity contribution in [3.8, 4) is 12.3 Å². The van der Waals surface area contributed by atoms with Gasteiger partial charge in [0.05, 0.1) is 5.54 Å². The second-order valence-corrected chi connectivity index (χ2v) is 2.93. The van der Waals surface area contributed by atoms with Crippen LogP contribution in [0, 0.1) is 12.3 Å². The minimum Gasteiger partial charge on any atom is -0.354 e. The Morgan fingerprint density at radius 2 is 2.27 bits per heavy atom. The molecule has 3 nitrogen and oxygen atoms in total. The molecule has 1 amide bonds. The van der Waals surface area contributed by atoms with E-state index in [1.54, 1.807) is 13.8 Å². The van der Waals surface area contributed by atoms with E-state index in [1.165, 1.54) is 0 Å². The molecule has 3 N–H and O–H groups in total.